The van der Waals surface area contributed by atoms with E-state index in [9.17, 15) is 9.59 Å². The van der Waals surface area contributed by atoms with Gasteiger partial charge < -0.3 is 9.53 Å². The Kier molecular flexibility index (Phi) is 4.45. The molecule has 0 aromatic heterocycles. The van der Waals surface area contributed by atoms with Crippen LogP contribution in [-0.2, 0) is 4.79 Å². The van der Waals surface area contributed by atoms with E-state index in [1.807, 2.05) is 30.3 Å². The topological polar surface area (TPSA) is 43.4 Å². The molecular weight excluding hydrogens is 240 g/mol. The molecule has 0 N–H and O–H groups in total. The Morgan fingerprint density at radius 2 is 1.63 bits per heavy atom. The van der Waals surface area contributed by atoms with Crippen molar-refractivity contribution in [1.29, 1.82) is 0 Å². The smallest absolute Gasteiger partial charge is 0.150 e. The Morgan fingerprint density at radius 3 is 2.21 bits per heavy atom. The van der Waals surface area contributed by atoms with Gasteiger partial charge in [0.05, 0.1) is 5.92 Å². The van der Waals surface area contributed by atoms with Gasteiger partial charge in [-0.3, -0.25) is 4.79 Å². The molecule has 0 spiro atoms. The first-order chi connectivity index (χ1) is 9.33. The number of carbonyl (C=O) groups is 2. The highest BCUT2D eigenvalue weighted by Gasteiger charge is 2.10. The van der Waals surface area contributed by atoms with Crippen molar-refractivity contribution in [2.45, 2.75) is 5.92 Å². The lowest BCUT2D eigenvalue weighted by Crippen LogP contribution is -2.11. The molecule has 0 aliphatic heterocycles. The average molecular weight is 254 g/mol. The van der Waals surface area contributed by atoms with Crippen LogP contribution in [0.2, 0.25) is 0 Å². The van der Waals surface area contributed by atoms with Gasteiger partial charge in [-0.15, -0.1) is 0 Å². The summed E-state index contributed by atoms with van der Waals surface area (Å²) in [5.41, 5.74) is 1.53. The van der Waals surface area contributed by atoms with E-state index >= 15 is 0 Å². The first kappa shape index (κ1) is 13.0. The van der Waals surface area contributed by atoms with Crippen LogP contribution in [-0.4, -0.2) is 19.2 Å². The highest BCUT2D eigenvalue weighted by molar-refractivity contribution is 5.74. The van der Waals surface area contributed by atoms with Crippen molar-refractivity contribution in [3.63, 3.8) is 0 Å². The second-order valence-electron chi connectivity index (χ2n) is 4.15. The minimum absolute atomic E-state index is 0.285. The fraction of sp³-hybridized carbons (Fsp3) is 0.125. The first-order valence-corrected chi connectivity index (χ1v) is 6.02. The van der Waals surface area contributed by atoms with Gasteiger partial charge in [0.1, 0.15) is 24.9 Å². The molecule has 3 nitrogen and oxygen atoms in total. The zero-order chi connectivity index (χ0) is 13.5. The molecular formula is C16H14O3. The molecule has 0 heterocycles. The molecule has 0 saturated heterocycles. The molecule has 0 radical (unpaired) electrons. The summed E-state index contributed by atoms with van der Waals surface area (Å²) >= 11 is 0. The lowest BCUT2D eigenvalue weighted by atomic mass is 10.0. The Balaban J connectivity index is 1.99. The monoisotopic (exact) mass is 254 g/mol. The Labute approximate surface area is 111 Å². The molecule has 0 aliphatic carbocycles. The second-order valence-corrected chi connectivity index (χ2v) is 4.15. The number of hydrogen-bond acceptors (Lipinski definition) is 3. The van der Waals surface area contributed by atoms with Gasteiger partial charge in [-0.2, -0.15) is 0 Å². The van der Waals surface area contributed by atoms with Crippen molar-refractivity contribution in [2.75, 3.05) is 6.61 Å². The fourth-order valence-corrected chi connectivity index (χ4v) is 1.74. The number of rotatable bonds is 6. The van der Waals surface area contributed by atoms with Crippen molar-refractivity contribution in [1.82, 2.24) is 0 Å². The van der Waals surface area contributed by atoms with Crippen LogP contribution in [0, 0.1) is 0 Å². The maximum absolute atomic E-state index is 11.1. The molecule has 0 amide bonds. The molecule has 2 rings (SSSR count). The minimum Gasteiger partial charge on any atom is -0.493 e. The number of hydrogen-bond donors (Lipinski definition) is 0. The summed E-state index contributed by atoms with van der Waals surface area (Å²) < 4.78 is 5.57. The molecule has 0 bridgehead atoms. The van der Waals surface area contributed by atoms with Crippen molar-refractivity contribution < 1.29 is 14.3 Å². The Morgan fingerprint density at radius 1 is 0.947 bits per heavy atom. The van der Waals surface area contributed by atoms with Gasteiger partial charge in [0.15, 0.2) is 0 Å². The molecule has 19 heavy (non-hydrogen) atoms. The van der Waals surface area contributed by atoms with E-state index in [0.717, 1.165) is 18.1 Å². The minimum atomic E-state index is -0.285. The van der Waals surface area contributed by atoms with Crippen LogP contribution in [0.5, 0.6) is 5.75 Å². The zero-order valence-electron chi connectivity index (χ0n) is 10.4. The zero-order valence-corrected chi connectivity index (χ0v) is 10.4. The average Bonchev–Trinajstić information content (AvgIpc) is 2.49. The van der Waals surface area contributed by atoms with E-state index in [4.69, 9.17) is 4.74 Å². The third kappa shape index (κ3) is 3.52. The van der Waals surface area contributed by atoms with Crippen LogP contribution in [0.25, 0.3) is 0 Å². The van der Waals surface area contributed by atoms with Crippen molar-refractivity contribution >= 4 is 12.6 Å². The van der Waals surface area contributed by atoms with Crippen LogP contribution in [0.3, 0.4) is 0 Å². The summed E-state index contributed by atoms with van der Waals surface area (Å²) in [6.07, 6.45) is 1.66. The standard InChI is InChI=1S/C16H14O3/c17-10-13-6-8-16(9-7-13)19-12-15(11-18)14-4-2-1-3-5-14/h1-11,15H,12H2. The summed E-state index contributed by atoms with van der Waals surface area (Å²) in [6.45, 7) is 0.286. The summed E-state index contributed by atoms with van der Waals surface area (Å²) in [4.78, 5) is 21.6. The molecule has 3 heteroatoms. The molecule has 1 atom stereocenters. The largest absolute Gasteiger partial charge is 0.493 e. The van der Waals surface area contributed by atoms with E-state index in [1.165, 1.54) is 0 Å². The maximum atomic E-state index is 11.1. The summed E-state index contributed by atoms with van der Waals surface area (Å²) in [7, 11) is 0. The predicted molar refractivity (Wildman–Crippen MR) is 72.6 cm³/mol. The number of ether oxygens (including phenoxy) is 1. The number of aldehydes is 2. The van der Waals surface area contributed by atoms with Gasteiger partial charge in [0, 0.05) is 5.56 Å². The van der Waals surface area contributed by atoms with Crippen LogP contribution < -0.4 is 4.74 Å². The lowest BCUT2D eigenvalue weighted by molar-refractivity contribution is -0.109. The van der Waals surface area contributed by atoms with Crippen LogP contribution in [0.1, 0.15) is 21.8 Å². The normalized spacial score (nSPS) is 11.6. The van der Waals surface area contributed by atoms with Crippen molar-refractivity contribution in [3.8, 4) is 5.75 Å². The highest BCUT2D eigenvalue weighted by Crippen LogP contribution is 2.17. The molecule has 0 fully saturated rings. The van der Waals surface area contributed by atoms with Gasteiger partial charge in [-0.05, 0) is 29.8 Å². The van der Waals surface area contributed by atoms with Crippen LogP contribution >= 0.6 is 0 Å². The van der Waals surface area contributed by atoms with E-state index in [0.29, 0.717) is 11.3 Å². The third-order valence-electron chi connectivity index (χ3n) is 2.84. The molecule has 1 unspecified atom stereocenters. The summed E-state index contributed by atoms with van der Waals surface area (Å²) in [5, 5.41) is 0. The van der Waals surface area contributed by atoms with E-state index < -0.39 is 0 Å². The first-order valence-electron chi connectivity index (χ1n) is 6.02. The molecule has 2 aromatic rings. The van der Waals surface area contributed by atoms with Gasteiger partial charge >= 0.3 is 0 Å². The quantitative estimate of drug-likeness (QED) is 0.744. The van der Waals surface area contributed by atoms with Gasteiger partial charge in [-0.1, -0.05) is 30.3 Å². The lowest BCUT2D eigenvalue weighted by Gasteiger charge is -2.12. The second kappa shape index (κ2) is 6.50. The Hall–Kier alpha value is -2.42. The SMILES string of the molecule is O=Cc1ccc(OCC(C=O)c2ccccc2)cc1. The predicted octanol–water partition coefficient (Wildman–Crippen LogP) is 2.86. The molecule has 0 saturated carbocycles. The maximum Gasteiger partial charge on any atom is 0.150 e. The number of benzene rings is 2. The van der Waals surface area contributed by atoms with Crippen molar-refractivity contribution in [2.24, 2.45) is 0 Å². The third-order valence-corrected chi connectivity index (χ3v) is 2.84. The molecule has 0 aliphatic rings. The highest BCUT2D eigenvalue weighted by atomic mass is 16.5. The summed E-state index contributed by atoms with van der Waals surface area (Å²) in [5.74, 6) is 0.361. The summed E-state index contributed by atoms with van der Waals surface area (Å²) in [6, 6.07) is 16.3. The van der Waals surface area contributed by atoms with Crippen LogP contribution in [0.15, 0.2) is 54.6 Å². The van der Waals surface area contributed by atoms with Crippen LogP contribution in [0.4, 0.5) is 0 Å². The molecule has 2 aromatic carbocycles. The van der Waals surface area contributed by atoms with Gasteiger partial charge in [0.25, 0.3) is 0 Å². The van der Waals surface area contributed by atoms with E-state index in [2.05, 4.69) is 0 Å². The van der Waals surface area contributed by atoms with Gasteiger partial charge in [-0.25, -0.2) is 0 Å². The Bertz CT molecular complexity index is 532. The van der Waals surface area contributed by atoms with Gasteiger partial charge in [0.2, 0.25) is 0 Å². The van der Waals surface area contributed by atoms with E-state index in [1.54, 1.807) is 24.3 Å². The van der Waals surface area contributed by atoms with Crippen molar-refractivity contribution in [3.05, 3.63) is 65.7 Å². The fourth-order valence-electron chi connectivity index (χ4n) is 1.74. The van der Waals surface area contributed by atoms with E-state index in [-0.39, 0.29) is 12.5 Å². The molecule has 96 valence electrons. The number of carbonyl (C=O) groups excluding carboxylic acids is 2.